The molecule has 0 aliphatic heterocycles. The van der Waals surface area contributed by atoms with Gasteiger partial charge in [-0.3, -0.25) is 6.08 Å². The van der Waals surface area contributed by atoms with Crippen molar-refractivity contribution in [3.8, 4) is 11.1 Å². The molecule has 0 saturated heterocycles. The Morgan fingerprint density at radius 1 is 0.655 bits per heavy atom. The zero-order valence-electron chi connectivity index (χ0n) is 34.6. The molecule has 0 heterocycles. The van der Waals surface area contributed by atoms with Crippen LogP contribution in [0.3, 0.4) is 0 Å². The topological polar surface area (TPSA) is 0 Å². The molecule has 0 radical (unpaired) electrons. The van der Waals surface area contributed by atoms with E-state index in [1.807, 2.05) is 0 Å². The summed E-state index contributed by atoms with van der Waals surface area (Å²) in [5.41, 5.74) is 15.7. The first-order valence-electron chi connectivity index (χ1n) is 20.4. The maximum absolute atomic E-state index is 3.67. The summed E-state index contributed by atoms with van der Waals surface area (Å²) in [6.45, 7) is 20.1. The smallest absolute Gasteiger partial charge is 1.00 e. The van der Waals surface area contributed by atoms with Gasteiger partial charge in [-0.15, -0.1) is 11.1 Å². The molecule has 1 atom stereocenters. The van der Waals surface area contributed by atoms with Crippen molar-refractivity contribution in [1.82, 2.24) is 0 Å². The van der Waals surface area contributed by atoms with E-state index in [0.717, 1.165) is 36.0 Å². The van der Waals surface area contributed by atoms with Gasteiger partial charge in [-0.2, -0.15) is 35.4 Å². The quantitative estimate of drug-likeness (QED) is 0.171. The molecule has 1 unspecified atom stereocenters. The molecule has 0 N–H and O–H groups in total. The minimum absolute atomic E-state index is 0. The number of halogens is 2. The molecule has 55 heavy (non-hydrogen) atoms. The Kier molecular flexibility index (Phi) is 14.1. The van der Waals surface area contributed by atoms with Crippen molar-refractivity contribution in [2.45, 2.75) is 112 Å². The Morgan fingerprint density at radius 3 is 1.65 bits per heavy atom. The standard InChI is InChI=1S/C21H25.C16H21.C15H14.2ClH.Zr/c1-20(2,3)16-7-9-18-14(12-16)11-15-13-17(21(4,5)6)8-10-19(15)18;1-10-2-3-13(4-10)16-14-6-11-5-12(8-14)9-15(16)7-11;1-12-3-7-14(8-4-12)11-15-9-5-13(2)6-10-15;;;/h7-10,12H,11H2,1-6H3;3-4,10-12,14-16H,5-9H2,1H3;3-10H,1-2H3;2*1H;/q2*-1;;;;+2/p-2. The van der Waals surface area contributed by atoms with Crippen LogP contribution in [0.4, 0.5) is 0 Å². The van der Waals surface area contributed by atoms with Gasteiger partial charge in [0.2, 0.25) is 0 Å². The van der Waals surface area contributed by atoms with Crippen LogP contribution >= 0.6 is 0 Å². The number of rotatable bonds is 3. The first-order valence-corrected chi connectivity index (χ1v) is 21.6. The number of allylic oxidation sites excluding steroid dienone is 4. The van der Waals surface area contributed by atoms with E-state index in [4.69, 9.17) is 0 Å². The Morgan fingerprint density at radius 2 is 1.18 bits per heavy atom. The summed E-state index contributed by atoms with van der Waals surface area (Å²) in [4.78, 5) is 0. The van der Waals surface area contributed by atoms with Gasteiger partial charge in [0, 0.05) is 0 Å². The number of aryl methyl sites for hydroxylation is 2. The van der Waals surface area contributed by atoms with Crippen LogP contribution in [0.2, 0.25) is 0 Å². The zero-order chi connectivity index (χ0) is 37.7. The van der Waals surface area contributed by atoms with Crippen LogP contribution in [0.15, 0.2) is 96.6 Å². The summed E-state index contributed by atoms with van der Waals surface area (Å²) in [6, 6.07) is 32.7. The first kappa shape index (κ1) is 43.8. The summed E-state index contributed by atoms with van der Waals surface area (Å²) in [5.74, 6) is 5.77. The molecule has 288 valence electrons. The number of hydrogen-bond acceptors (Lipinski definition) is 0. The molecule has 4 aromatic rings. The Labute approximate surface area is 361 Å². The van der Waals surface area contributed by atoms with Crippen LogP contribution < -0.4 is 24.8 Å². The molecular weight excluding hydrogens is 787 g/mol. The normalized spacial score (nSPS) is 23.9. The van der Waals surface area contributed by atoms with Crippen molar-refractivity contribution in [2.75, 3.05) is 0 Å². The summed E-state index contributed by atoms with van der Waals surface area (Å²) >= 11 is 1.46. The molecule has 0 aromatic heterocycles. The molecule has 10 rings (SSSR count). The molecular formula is C52H60Cl2Zr-2. The second-order valence-corrected chi connectivity index (χ2v) is 20.4. The van der Waals surface area contributed by atoms with Gasteiger partial charge in [0.05, 0.1) is 0 Å². The van der Waals surface area contributed by atoms with Crippen LogP contribution in [0, 0.1) is 61.5 Å². The third kappa shape index (κ3) is 10.1. The average molecular weight is 847 g/mol. The van der Waals surface area contributed by atoms with Crippen molar-refractivity contribution in [2.24, 2.45) is 35.5 Å². The molecule has 0 spiro atoms. The summed E-state index contributed by atoms with van der Waals surface area (Å²) in [6.07, 6.45) is 17.0. The van der Waals surface area contributed by atoms with Crippen molar-refractivity contribution in [1.29, 1.82) is 0 Å². The van der Waals surface area contributed by atoms with Crippen molar-refractivity contribution in [3.63, 3.8) is 0 Å². The molecule has 6 aliphatic rings. The van der Waals surface area contributed by atoms with Crippen LogP contribution in [-0.2, 0) is 41.5 Å². The van der Waals surface area contributed by atoms with Gasteiger partial charge in [0.15, 0.2) is 0 Å². The number of hydrogen-bond donors (Lipinski definition) is 0. The zero-order valence-corrected chi connectivity index (χ0v) is 38.6. The second-order valence-electron chi connectivity index (χ2n) is 19.1. The molecule has 0 nitrogen and oxygen atoms in total. The molecule has 4 fully saturated rings. The molecule has 3 heteroatoms. The minimum Gasteiger partial charge on any atom is -1.00 e. The average Bonchev–Trinajstić information content (AvgIpc) is 3.70. The maximum Gasteiger partial charge on any atom is -1.00 e. The van der Waals surface area contributed by atoms with Gasteiger partial charge in [0.25, 0.3) is 0 Å². The molecule has 4 saturated carbocycles. The van der Waals surface area contributed by atoms with Gasteiger partial charge in [-0.25, -0.2) is 6.08 Å². The van der Waals surface area contributed by atoms with Gasteiger partial charge in [-0.1, -0.05) is 84.1 Å². The Hall–Kier alpha value is -2.31. The fourth-order valence-electron chi connectivity index (χ4n) is 9.92. The largest absolute Gasteiger partial charge is 1.00 e. The van der Waals surface area contributed by atoms with E-state index in [1.165, 1.54) is 109 Å². The van der Waals surface area contributed by atoms with E-state index in [0.29, 0.717) is 5.92 Å². The predicted octanol–water partition coefficient (Wildman–Crippen LogP) is 7.07. The summed E-state index contributed by atoms with van der Waals surface area (Å²) in [5, 5.41) is 0. The van der Waals surface area contributed by atoms with Gasteiger partial charge in [-0.05, 0) is 84.2 Å². The van der Waals surface area contributed by atoms with E-state index < -0.39 is 0 Å². The first-order chi connectivity index (χ1) is 25.1. The summed E-state index contributed by atoms with van der Waals surface area (Å²) < 4.78 is 1.42. The van der Waals surface area contributed by atoms with Gasteiger partial charge >= 0.3 is 112 Å². The van der Waals surface area contributed by atoms with Crippen molar-refractivity contribution in [3.05, 3.63) is 153 Å². The Bertz CT molecular complexity index is 1880. The van der Waals surface area contributed by atoms with Crippen LogP contribution in [0.5, 0.6) is 0 Å². The van der Waals surface area contributed by atoms with Crippen LogP contribution in [0.1, 0.15) is 125 Å². The fourth-order valence-corrected chi connectivity index (χ4v) is 10.7. The minimum atomic E-state index is 0. The molecule has 6 aliphatic carbocycles. The summed E-state index contributed by atoms with van der Waals surface area (Å²) in [7, 11) is 0. The van der Waals surface area contributed by atoms with Gasteiger partial charge in [0.1, 0.15) is 0 Å². The van der Waals surface area contributed by atoms with Gasteiger partial charge < -0.3 is 24.8 Å². The SMILES string of the molecule is CC(C)(C)c1[c-]c2c(cc1)-c1ccc(C(C)(C)C)cc1C2.CC1[C-]=CC(C2C3CC4CC(C3)CC2C4)=C1.Cc1ccc([C](=[Zr+2])c2ccc(C)cc2)cc1.[Cl-].[Cl-]. The number of benzene rings is 4. The fraction of sp³-hybridized carbons (Fsp3) is 0.442. The van der Waals surface area contributed by atoms with Crippen LogP contribution in [-0.4, -0.2) is 3.21 Å². The number of fused-ring (bicyclic) bond motifs is 3. The predicted molar refractivity (Wildman–Crippen MR) is 222 cm³/mol. The molecule has 0 amide bonds. The second kappa shape index (κ2) is 17.7. The van der Waals surface area contributed by atoms with E-state index >= 15 is 0 Å². The van der Waals surface area contributed by atoms with E-state index in [1.54, 1.807) is 12.0 Å². The third-order valence-corrected chi connectivity index (χ3v) is 14.1. The maximum atomic E-state index is 3.67. The van der Waals surface area contributed by atoms with Crippen molar-refractivity contribution >= 4 is 3.21 Å². The van der Waals surface area contributed by atoms with Crippen LogP contribution in [0.25, 0.3) is 11.1 Å². The third-order valence-electron chi connectivity index (χ3n) is 12.7. The molecule has 4 bridgehead atoms. The van der Waals surface area contributed by atoms with Crippen molar-refractivity contribution < 1.29 is 49.0 Å². The Balaban J connectivity index is 0.000000157. The van der Waals surface area contributed by atoms with E-state index in [9.17, 15) is 0 Å². The van der Waals surface area contributed by atoms with E-state index in [-0.39, 0.29) is 35.6 Å². The monoisotopic (exact) mass is 844 g/mol. The molecule has 4 aromatic carbocycles. The van der Waals surface area contributed by atoms with E-state index in [2.05, 4.69) is 165 Å².